The fraction of sp³-hybridized carbons (Fsp3) is 0.875. The van der Waals surface area contributed by atoms with Gasteiger partial charge in [-0.05, 0) is 38.8 Å². The van der Waals surface area contributed by atoms with E-state index in [-0.39, 0.29) is 12.5 Å². The number of carbonyl (C=O) groups excluding carboxylic acids is 1. The molecule has 0 bridgehead atoms. The van der Waals surface area contributed by atoms with Crippen LogP contribution in [-0.4, -0.2) is 54.1 Å². The number of nitrogens with two attached hydrogens (primary N) is 3. The summed E-state index contributed by atoms with van der Waals surface area (Å²) >= 11 is 0. The molecule has 0 radical (unpaired) electrons. The lowest BCUT2D eigenvalue weighted by atomic mass is 10.1. The van der Waals surface area contributed by atoms with Crippen molar-refractivity contribution in [3.05, 3.63) is 0 Å². The Morgan fingerprint density at radius 1 is 0.870 bits per heavy atom. The molecule has 0 aromatic carbocycles. The van der Waals surface area contributed by atoms with Crippen LogP contribution in [0.25, 0.3) is 0 Å². The van der Waals surface area contributed by atoms with E-state index in [4.69, 9.17) is 22.3 Å². The van der Waals surface area contributed by atoms with Crippen LogP contribution in [0.15, 0.2) is 0 Å². The molecule has 1 amide bonds. The fourth-order valence-electron chi connectivity index (χ4n) is 2.45. The van der Waals surface area contributed by atoms with Crippen molar-refractivity contribution in [2.75, 3.05) is 26.2 Å². The Bertz CT molecular complexity index is 326. The summed E-state index contributed by atoms with van der Waals surface area (Å²) in [5, 5.41) is 8.97. The summed E-state index contributed by atoms with van der Waals surface area (Å²) < 4.78 is 0. The van der Waals surface area contributed by atoms with E-state index in [0.717, 1.165) is 57.9 Å². The van der Waals surface area contributed by atoms with Crippen molar-refractivity contribution in [3.8, 4) is 0 Å². The Morgan fingerprint density at radius 3 is 1.96 bits per heavy atom. The number of amides is 1. The Balaban J connectivity index is 4.13. The molecule has 0 aromatic heterocycles. The summed E-state index contributed by atoms with van der Waals surface area (Å²) in [5.41, 5.74) is 16.7. The highest BCUT2D eigenvalue weighted by molar-refractivity contribution is 5.85. The third-order valence-corrected chi connectivity index (χ3v) is 3.81. The number of hydrogen-bond acceptors (Lipinski definition) is 5. The molecule has 1 atom stereocenters. The third-order valence-electron chi connectivity index (χ3n) is 3.81. The quantitative estimate of drug-likeness (QED) is 0.326. The molecule has 7 nitrogen and oxygen atoms in total. The average Bonchev–Trinajstić information content (AvgIpc) is 2.52. The van der Waals surface area contributed by atoms with Crippen LogP contribution in [0.1, 0.15) is 57.8 Å². The Labute approximate surface area is 139 Å². The van der Waals surface area contributed by atoms with Gasteiger partial charge in [0.2, 0.25) is 5.91 Å². The van der Waals surface area contributed by atoms with Gasteiger partial charge in [0.25, 0.3) is 0 Å². The van der Waals surface area contributed by atoms with Gasteiger partial charge < -0.3 is 27.2 Å². The van der Waals surface area contributed by atoms with E-state index in [2.05, 4.69) is 0 Å². The second-order valence-electron chi connectivity index (χ2n) is 5.95. The Hall–Kier alpha value is -1.18. The summed E-state index contributed by atoms with van der Waals surface area (Å²) in [6.45, 7) is 1.47. The second kappa shape index (κ2) is 14.4. The zero-order valence-corrected chi connectivity index (χ0v) is 14.2. The zero-order chi connectivity index (χ0) is 17.5. The van der Waals surface area contributed by atoms with Gasteiger partial charge >= 0.3 is 5.97 Å². The number of carbonyl (C=O) groups is 2. The first-order valence-electron chi connectivity index (χ1n) is 8.69. The highest BCUT2D eigenvalue weighted by Gasteiger charge is 2.22. The van der Waals surface area contributed by atoms with Crippen LogP contribution in [0, 0.1) is 0 Å². The van der Waals surface area contributed by atoms with E-state index in [0.29, 0.717) is 19.5 Å². The van der Waals surface area contributed by atoms with E-state index >= 15 is 0 Å². The molecule has 0 rings (SSSR count). The highest BCUT2D eigenvalue weighted by Crippen LogP contribution is 2.08. The lowest BCUT2D eigenvalue weighted by molar-refractivity contribution is -0.145. The Kier molecular flexibility index (Phi) is 13.7. The van der Waals surface area contributed by atoms with Crippen molar-refractivity contribution >= 4 is 11.9 Å². The summed E-state index contributed by atoms with van der Waals surface area (Å²) in [6, 6.07) is -0.634. The van der Waals surface area contributed by atoms with E-state index < -0.39 is 12.0 Å². The number of rotatable bonds is 15. The monoisotopic (exact) mass is 330 g/mol. The molecule has 0 aromatic rings. The van der Waals surface area contributed by atoms with Crippen LogP contribution in [-0.2, 0) is 9.59 Å². The van der Waals surface area contributed by atoms with E-state index in [1.54, 1.807) is 0 Å². The smallest absolute Gasteiger partial charge is 0.323 e. The molecule has 0 unspecified atom stereocenters. The molecular formula is C16H34N4O3. The maximum atomic E-state index is 12.3. The molecule has 0 saturated carbocycles. The number of carboxylic acids is 1. The van der Waals surface area contributed by atoms with Crippen molar-refractivity contribution in [2.24, 2.45) is 17.2 Å². The minimum atomic E-state index is -1.00. The molecule has 0 saturated heterocycles. The SMILES string of the molecule is NCCCCCCCCN(CC(=O)O)C(=O)[C@@H](N)CCCCN. The normalized spacial score (nSPS) is 12.1. The number of unbranched alkanes of at least 4 members (excludes halogenated alkanes) is 6. The topological polar surface area (TPSA) is 136 Å². The fourth-order valence-corrected chi connectivity index (χ4v) is 2.45. The van der Waals surface area contributed by atoms with Crippen LogP contribution in [0.4, 0.5) is 0 Å². The number of hydrogen-bond donors (Lipinski definition) is 4. The van der Waals surface area contributed by atoms with E-state index in [1.165, 1.54) is 4.90 Å². The molecular weight excluding hydrogens is 296 g/mol. The van der Waals surface area contributed by atoms with Crippen molar-refractivity contribution < 1.29 is 14.7 Å². The Morgan fingerprint density at radius 2 is 1.39 bits per heavy atom. The van der Waals surface area contributed by atoms with Gasteiger partial charge in [-0.1, -0.05) is 32.1 Å². The minimum absolute atomic E-state index is 0.271. The minimum Gasteiger partial charge on any atom is -0.480 e. The molecule has 136 valence electrons. The lowest BCUT2D eigenvalue weighted by Crippen LogP contribution is -2.46. The van der Waals surface area contributed by atoms with E-state index in [1.807, 2.05) is 0 Å². The van der Waals surface area contributed by atoms with Gasteiger partial charge in [0.1, 0.15) is 6.54 Å². The first-order valence-corrected chi connectivity index (χ1v) is 8.69. The van der Waals surface area contributed by atoms with Crippen LogP contribution in [0.5, 0.6) is 0 Å². The van der Waals surface area contributed by atoms with Gasteiger partial charge in [-0.15, -0.1) is 0 Å². The molecule has 0 spiro atoms. The lowest BCUT2D eigenvalue weighted by Gasteiger charge is -2.24. The van der Waals surface area contributed by atoms with Crippen molar-refractivity contribution in [3.63, 3.8) is 0 Å². The summed E-state index contributed by atoms with van der Waals surface area (Å²) in [5.74, 6) is -1.27. The van der Waals surface area contributed by atoms with Crippen LogP contribution >= 0.6 is 0 Å². The van der Waals surface area contributed by atoms with Crippen molar-refractivity contribution in [1.82, 2.24) is 4.90 Å². The molecule has 7 heteroatoms. The molecule has 0 heterocycles. The largest absolute Gasteiger partial charge is 0.480 e. The summed E-state index contributed by atoms with van der Waals surface area (Å²) in [6.07, 6.45) is 8.31. The third kappa shape index (κ3) is 12.0. The predicted octanol–water partition coefficient (Wildman–Crippen LogP) is 0.655. The average molecular weight is 330 g/mol. The van der Waals surface area contributed by atoms with E-state index in [9.17, 15) is 9.59 Å². The molecule has 0 aliphatic rings. The maximum Gasteiger partial charge on any atom is 0.323 e. The van der Waals surface area contributed by atoms with Crippen LogP contribution in [0.3, 0.4) is 0 Å². The second-order valence-corrected chi connectivity index (χ2v) is 5.95. The van der Waals surface area contributed by atoms with Crippen molar-refractivity contribution in [1.29, 1.82) is 0 Å². The highest BCUT2D eigenvalue weighted by atomic mass is 16.4. The number of nitrogens with zero attached hydrogens (tertiary/aromatic N) is 1. The number of carboxylic acid groups (broad SMARTS) is 1. The molecule has 0 aliphatic heterocycles. The maximum absolute atomic E-state index is 12.3. The van der Waals surface area contributed by atoms with Gasteiger partial charge in [-0.25, -0.2) is 0 Å². The zero-order valence-electron chi connectivity index (χ0n) is 14.2. The van der Waals surface area contributed by atoms with Gasteiger partial charge in [-0.3, -0.25) is 9.59 Å². The molecule has 7 N–H and O–H groups in total. The molecule has 23 heavy (non-hydrogen) atoms. The van der Waals surface area contributed by atoms with Gasteiger partial charge in [0, 0.05) is 6.54 Å². The van der Waals surface area contributed by atoms with Gasteiger partial charge in [0.05, 0.1) is 6.04 Å². The van der Waals surface area contributed by atoms with Gasteiger partial charge in [0.15, 0.2) is 0 Å². The van der Waals surface area contributed by atoms with Crippen LogP contribution in [0.2, 0.25) is 0 Å². The molecule has 0 fully saturated rings. The summed E-state index contributed by atoms with van der Waals surface area (Å²) in [4.78, 5) is 24.6. The first kappa shape index (κ1) is 21.8. The van der Waals surface area contributed by atoms with Gasteiger partial charge in [-0.2, -0.15) is 0 Å². The van der Waals surface area contributed by atoms with Crippen LogP contribution < -0.4 is 17.2 Å². The predicted molar refractivity (Wildman–Crippen MR) is 91.9 cm³/mol. The standard InChI is InChI=1S/C16H34N4O3/c17-10-6-3-1-2-4-8-12-20(13-15(21)22)16(23)14(19)9-5-7-11-18/h14H,1-13,17-19H2,(H,21,22)/t14-/m0/s1. The first-order chi connectivity index (χ1) is 11.0. The number of aliphatic carboxylic acids is 1. The summed E-state index contributed by atoms with van der Waals surface area (Å²) in [7, 11) is 0. The van der Waals surface area contributed by atoms with Crippen molar-refractivity contribution in [2.45, 2.75) is 63.8 Å². The molecule has 0 aliphatic carbocycles.